The molecule has 3 rings (SSSR count). The summed E-state index contributed by atoms with van der Waals surface area (Å²) in [6, 6.07) is 15.5. The zero-order valence-electron chi connectivity index (χ0n) is 15.1. The van der Waals surface area contributed by atoms with Crippen molar-refractivity contribution < 1.29 is 13.9 Å². The highest BCUT2D eigenvalue weighted by molar-refractivity contribution is 5.89. The van der Waals surface area contributed by atoms with Gasteiger partial charge in [-0.15, -0.1) is 12.4 Å². The molecule has 0 saturated carbocycles. The lowest BCUT2D eigenvalue weighted by Gasteiger charge is -2.34. The van der Waals surface area contributed by atoms with Crippen molar-refractivity contribution >= 4 is 24.1 Å². The lowest BCUT2D eigenvalue weighted by Crippen LogP contribution is -2.50. The van der Waals surface area contributed by atoms with Crippen LogP contribution in [0.1, 0.15) is 6.42 Å². The molecule has 146 valence electrons. The van der Waals surface area contributed by atoms with Crippen LogP contribution < -0.4 is 10.1 Å². The number of hydrogen-bond acceptors (Lipinski definition) is 3. The fraction of sp³-hybridized carbons (Fsp3) is 0.350. The number of amides is 2. The van der Waals surface area contributed by atoms with Crippen LogP contribution in [0.2, 0.25) is 0 Å². The molecule has 0 aromatic heterocycles. The summed E-state index contributed by atoms with van der Waals surface area (Å²) >= 11 is 0. The molecule has 0 aliphatic carbocycles. The Morgan fingerprint density at radius 3 is 2.33 bits per heavy atom. The second kappa shape index (κ2) is 10.7. The van der Waals surface area contributed by atoms with Crippen LogP contribution in [0.15, 0.2) is 54.6 Å². The SMILES string of the molecule is Cl.O=C(Nc1ccccc1)N1CCN(CCCOc2ccc(F)cc2)CC1. The average Bonchev–Trinajstić information content (AvgIpc) is 2.68. The van der Waals surface area contributed by atoms with Crippen LogP contribution in [0.3, 0.4) is 0 Å². The molecule has 0 atom stereocenters. The van der Waals surface area contributed by atoms with E-state index in [2.05, 4.69) is 10.2 Å². The fourth-order valence-corrected chi connectivity index (χ4v) is 2.91. The van der Waals surface area contributed by atoms with Gasteiger partial charge in [-0.1, -0.05) is 18.2 Å². The van der Waals surface area contributed by atoms with Crippen molar-refractivity contribution in [3.63, 3.8) is 0 Å². The van der Waals surface area contributed by atoms with E-state index in [4.69, 9.17) is 4.74 Å². The van der Waals surface area contributed by atoms with Gasteiger partial charge >= 0.3 is 6.03 Å². The van der Waals surface area contributed by atoms with Gasteiger partial charge in [0.15, 0.2) is 0 Å². The predicted octanol–water partition coefficient (Wildman–Crippen LogP) is 3.87. The topological polar surface area (TPSA) is 44.8 Å². The lowest BCUT2D eigenvalue weighted by molar-refractivity contribution is 0.141. The lowest BCUT2D eigenvalue weighted by atomic mass is 10.3. The first-order valence-electron chi connectivity index (χ1n) is 8.92. The molecule has 0 bridgehead atoms. The summed E-state index contributed by atoms with van der Waals surface area (Å²) in [5, 5.41) is 2.92. The summed E-state index contributed by atoms with van der Waals surface area (Å²) in [7, 11) is 0. The van der Waals surface area contributed by atoms with Gasteiger partial charge in [-0.2, -0.15) is 0 Å². The van der Waals surface area contributed by atoms with E-state index in [1.807, 2.05) is 35.2 Å². The number of nitrogens with one attached hydrogen (secondary N) is 1. The van der Waals surface area contributed by atoms with E-state index in [-0.39, 0.29) is 24.3 Å². The third-order valence-corrected chi connectivity index (χ3v) is 4.39. The Balaban J connectivity index is 0.00000261. The van der Waals surface area contributed by atoms with E-state index in [1.165, 1.54) is 12.1 Å². The first-order valence-corrected chi connectivity index (χ1v) is 8.92. The standard InChI is InChI=1S/C20H24FN3O2.ClH/c21-17-7-9-19(10-8-17)26-16-4-11-23-12-14-24(15-13-23)20(25)22-18-5-2-1-3-6-18;/h1-3,5-10H,4,11-16H2,(H,22,25);1H. The third-order valence-electron chi connectivity index (χ3n) is 4.39. The maximum Gasteiger partial charge on any atom is 0.321 e. The van der Waals surface area contributed by atoms with Gasteiger partial charge in [-0.05, 0) is 42.8 Å². The van der Waals surface area contributed by atoms with E-state index in [9.17, 15) is 9.18 Å². The highest BCUT2D eigenvalue weighted by atomic mass is 35.5. The summed E-state index contributed by atoms with van der Waals surface area (Å²) in [5.41, 5.74) is 0.817. The Hall–Kier alpha value is -2.31. The molecule has 1 aliphatic rings. The minimum atomic E-state index is -0.258. The highest BCUT2D eigenvalue weighted by Gasteiger charge is 2.20. The molecule has 5 nitrogen and oxygen atoms in total. The smallest absolute Gasteiger partial charge is 0.321 e. The number of nitrogens with zero attached hydrogens (tertiary/aromatic N) is 2. The zero-order valence-corrected chi connectivity index (χ0v) is 16.0. The number of piperazine rings is 1. The molecule has 1 saturated heterocycles. The Morgan fingerprint density at radius 1 is 1.00 bits per heavy atom. The summed E-state index contributed by atoms with van der Waals surface area (Å²) in [6.45, 7) is 4.68. The van der Waals surface area contributed by atoms with Crippen molar-refractivity contribution in [1.29, 1.82) is 0 Å². The molecule has 2 aromatic rings. The fourth-order valence-electron chi connectivity index (χ4n) is 2.91. The summed E-state index contributed by atoms with van der Waals surface area (Å²) in [4.78, 5) is 16.4. The number of urea groups is 1. The molecule has 0 spiro atoms. The number of ether oxygens (including phenoxy) is 1. The largest absolute Gasteiger partial charge is 0.494 e. The molecular weight excluding hydrogens is 369 g/mol. The second-order valence-corrected chi connectivity index (χ2v) is 6.28. The van der Waals surface area contributed by atoms with Crippen LogP contribution in [0.25, 0.3) is 0 Å². The van der Waals surface area contributed by atoms with E-state index in [0.717, 1.165) is 44.8 Å². The Morgan fingerprint density at radius 2 is 1.67 bits per heavy atom. The van der Waals surface area contributed by atoms with Crippen molar-refractivity contribution in [2.75, 3.05) is 44.6 Å². The summed E-state index contributed by atoms with van der Waals surface area (Å²) in [6.07, 6.45) is 0.896. The zero-order chi connectivity index (χ0) is 18.2. The van der Waals surface area contributed by atoms with Crippen LogP contribution in [-0.4, -0.2) is 55.2 Å². The van der Waals surface area contributed by atoms with Crippen LogP contribution in [0.4, 0.5) is 14.9 Å². The minimum absolute atomic E-state index is 0. The van der Waals surface area contributed by atoms with Gasteiger partial charge < -0.3 is 15.0 Å². The maximum atomic E-state index is 12.8. The van der Waals surface area contributed by atoms with Gasteiger partial charge in [0, 0.05) is 38.4 Å². The number of para-hydroxylation sites is 1. The van der Waals surface area contributed by atoms with E-state index in [1.54, 1.807) is 12.1 Å². The molecule has 1 N–H and O–H groups in total. The van der Waals surface area contributed by atoms with Crippen molar-refractivity contribution in [3.05, 3.63) is 60.4 Å². The Labute approximate surface area is 165 Å². The number of anilines is 1. The van der Waals surface area contributed by atoms with E-state index < -0.39 is 0 Å². The highest BCUT2D eigenvalue weighted by Crippen LogP contribution is 2.12. The number of benzene rings is 2. The van der Waals surface area contributed by atoms with Crippen LogP contribution in [0.5, 0.6) is 5.75 Å². The monoisotopic (exact) mass is 393 g/mol. The van der Waals surface area contributed by atoms with Gasteiger partial charge in [-0.25, -0.2) is 9.18 Å². The van der Waals surface area contributed by atoms with Gasteiger partial charge in [0.1, 0.15) is 11.6 Å². The third kappa shape index (κ3) is 6.73. The first-order chi connectivity index (χ1) is 12.7. The number of halogens is 2. The average molecular weight is 394 g/mol. The Kier molecular flexibility index (Phi) is 8.36. The van der Waals surface area contributed by atoms with Crippen molar-refractivity contribution in [1.82, 2.24) is 9.80 Å². The molecule has 1 aliphatic heterocycles. The number of rotatable bonds is 6. The van der Waals surface area contributed by atoms with Gasteiger partial charge in [0.25, 0.3) is 0 Å². The van der Waals surface area contributed by atoms with Gasteiger partial charge in [0.05, 0.1) is 6.61 Å². The summed E-state index contributed by atoms with van der Waals surface area (Å²) < 4.78 is 18.4. The molecule has 1 fully saturated rings. The molecule has 1 heterocycles. The van der Waals surface area contributed by atoms with Crippen LogP contribution in [-0.2, 0) is 0 Å². The molecule has 2 aromatic carbocycles. The Bertz CT molecular complexity index is 692. The molecular formula is C20H25ClFN3O2. The molecule has 2 amide bonds. The maximum absolute atomic E-state index is 12.8. The number of carbonyl (C=O) groups is 1. The predicted molar refractivity (Wildman–Crippen MR) is 107 cm³/mol. The van der Waals surface area contributed by atoms with Gasteiger partial charge in [-0.3, -0.25) is 4.90 Å². The first kappa shape index (κ1) is 21.0. The number of hydrogen-bond donors (Lipinski definition) is 1. The van der Waals surface area contributed by atoms with E-state index in [0.29, 0.717) is 12.4 Å². The molecule has 0 radical (unpaired) electrons. The van der Waals surface area contributed by atoms with E-state index >= 15 is 0 Å². The second-order valence-electron chi connectivity index (χ2n) is 6.28. The van der Waals surface area contributed by atoms with Crippen molar-refractivity contribution in [2.24, 2.45) is 0 Å². The molecule has 0 unspecified atom stereocenters. The van der Waals surface area contributed by atoms with Gasteiger partial charge in [0.2, 0.25) is 0 Å². The molecule has 27 heavy (non-hydrogen) atoms. The quantitative estimate of drug-likeness (QED) is 0.758. The van der Waals surface area contributed by atoms with Crippen LogP contribution >= 0.6 is 12.4 Å². The molecule has 7 heteroatoms. The van der Waals surface area contributed by atoms with Crippen molar-refractivity contribution in [2.45, 2.75) is 6.42 Å². The van der Waals surface area contributed by atoms with Crippen LogP contribution in [0, 0.1) is 5.82 Å². The van der Waals surface area contributed by atoms with Crippen molar-refractivity contribution in [3.8, 4) is 5.75 Å². The normalized spacial score (nSPS) is 14.3. The summed E-state index contributed by atoms with van der Waals surface area (Å²) in [5.74, 6) is 0.431. The number of carbonyl (C=O) groups excluding carboxylic acids is 1. The minimum Gasteiger partial charge on any atom is -0.494 e.